The average Bonchev–Trinajstić information content (AvgIpc) is 2.42. The van der Waals surface area contributed by atoms with Crippen LogP contribution in [0.2, 0.25) is 0 Å². The van der Waals surface area contributed by atoms with E-state index in [-0.39, 0.29) is 29.9 Å². The minimum absolute atomic E-state index is 0.0705. The molecule has 0 spiro atoms. The topological polar surface area (TPSA) is 66.4 Å². The fourth-order valence-corrected chi connectivity index (χ4v) is 3.76. The summed E-state index contributed by atoms with van der Waals surface area (Å²) in [5.41, 5.74) is 0. The zero-order valence-electron chi connectivity index (χ0n) is 7.86. The lowest BCUT2D eigenvalue weighted by Gasteiger charge is -2.19. The summed E-state index contributed by atoms with van der Waals surface area (Å²) in [5.74, 6) is 0.766. The number of rotatable bonds is 4. The number of hydrogen-bond acceptors (Lipinski definition) is 4. The largest absolute Gasteiger partial charge is 0.396 e. The molecule has 4 nitrogen and oxygen atoms in total. The van der Waals surface area contributed by atoms with E-state index in [4.69, 9.17) is 5.11 Å². The van der Waals surface area contributed by atoms with Crippen LogP contribution in [-0.4, -0.2) is 45.2 Å². The molecule has 1 saturated heterocycles. The zero-order chi connectivity index (χ0) is 9.90. The molecule has 1 aliphatic rings. The molecule has 13 heavy (non-hydrogen) atoms. The van der Waals surface area contributed by atoms with Gasteiger partial charge in [-0.2, -0.15) is 0 Å². The summed E-state index contributed by atoms with van der Waals surface area (Å²) in [6.07, 6.45) is 0.704. The molecule has 0 aromatic heterocycles. The summed E-state index contributed by atoms with van der Waals surface area (Å²) in [5, 5.41) is 12.0. The van der Waals surface area contributed by atoms with Crippen molar-refractivity contribution in [2.75, 3.05) is 31.7 Å². The van der Waals surface area contributed by atoms with Gasteiger partial charge in [-0.05, 0) is 25.3 Å². The Labute approximate surface area is 79.3 Å². The number of aliphatic hydroxyl groups is 1. The molecular formula is C8H17NO3S. The molecule has 2 unspecified atom stereocenters. The fraction of sp³-hybridized carbons (Fsp3) is 1.00. The van der Waals surface area contributed by atoms with Crippen molar-refractivity contribution in [2.45, 2.75) is 6.42 Å². The third kappa shape index (κ3) is 2.93. The van der Waals surface area contributed by atoms with E-state index in [1.54, 1.807) is 0 Å². The van der Waals surface area contributed by atoms with Gasteiger partial charge in [0.05, 0.1) is 11.5 Å². The summed E-state index contributed by atoms with van der Waals surface area (Å²) >= 11 is 0. The molecule has 0 saturated carbocycles. The second-order valence-corrected chi connectivity index (χ2v) is 5.89. The van der Waals surface area contributed by atoms with Crippen molar-refractivity contribution in [3.63, 3.8) is 0 Å². The molecule has 5 heteroatoms. The van der Waals surface area contributed by atoms with Gasteiger partial charge < -0.3 is 10.4 Å². The second kappa shape index (κ2) is 4.39. The van der Waals surface area contributed by atoms with Gasteiger partial charge in [-0.1, -0.05) is 0 Å². The van der Waals surface area contributed by atoms with E-state index in [1.165, 1.54) is 0 Å². The Hall–Kier alpha value is -0.130. The number of sulfone groups is 1. The van der Waals surface area contributed by atoms with Gasteiger partial charge in [-0.15, -0.1) is 0 Å². The SMILES string of the molecule is CNCC(CO)C1CCS(=O)(=O)C1. The van der Waals surface area contributed by atoms with E-state index in [0.717, 1.165) is 0 Å². The van der Waals surface area contributed by atoms with Crippen molar-refractivity contribution < 1.29 is 13.5 Å². The molecule has 78 valence electrons. The van der Waals surface area contributed by atoms with E-state index < -0.39 is 9.84 Å². The Morgan fingerprint density at radius 3 is 2.69 bits per heavy atom. The number of hydrogen-bond donors (Lipinski definition) is 2. The molecule has 0 radical (unpaired) electrons. The zero-order valence-corrected chi connectivity index (χ0v) is 8.68. The van der Waals surface area contributed by atoms with Gasteiger partial charge in [0.15, 0.2) is 9.84 Å². The number of nitrogens with one attached hydrogen (secondary N) is 1. The first kappa shape index (κ1) is 10.9. The van der Waals surface area contributed by atoms with Crippen LogP contribution in [-0.2, 0) is 9.84 Å². The highest BCUT2D eigenvalue weighted by atomic mass is 32.2. The summed E-state index contributed by atoms with van der Waals surface area (Å²) < 4.78 is 22.3. The van der Waals surface area contributed by atoms with Crippen molar-refractivity contribution in [1.82, 2.24) is 5.32 Å². The highest BCUT2D eigenvalue weighted by Gasteiger charge is 2.32. The quantitative estimate of drug-likeness (QED) is 0.636. The van der Waals surface area contributed by atoms with Crippen LogP contribution in [0.25, 0.3) is 0 Å². The second-order valence-electron chi connectivity index (χ2n) is 3.66. The van der Waals surface area contributed by atoms with Crippen LogP contribution in [0.1, 0.15) is 6.42 Å². The van der Waals surface area contributed by atoms with Crippen LogP contribution in [0, 0.1) is 11.8 Å². The third-order valence-electron chi connectivity index (χ3n) is 2.64. The molecule has 0 aliphatic carbocycles. The average molecular weight is 207 g/mol. The first-order valence-corrected chi connectivity index (χ1v) is 6.37. The molecule has 0 amide bonds. The minimum Gasteiger partial charge on any atom is -0.396 e. The molecule has 1 rings (SSSR count). The van der Waals surface area contributed by atoms with E-state index >= 15 is 0 Å². The smallest absolute Gasteiger partial charge is 0.150 e. The monoisotopic (exact) mass is 207 g/mol. The Kier molecular flexibility index (Phi) is 3.70. The lowest BCUT2D eigenvalue weighted by molar-refractivity contribution is 0.183. The van der Waals surface area contributed by atoms with E-state index in [9.17, 15) is 8.42 Å². The molecule has 2 N–H and O–H groups in total. The van der Waals surface area contributed by atoms with Gasteiger partial charge in [-0.25, -0.2) is 8.42 Å². The predicted molar refractivity (Wildman–Crippen MR) is 51.3 cm³/mol. The van der Waals surface area contributed by atoms with Gasteiger partial charge in [0, 0.05) is 13.2 Å². The summed E-state index contributed by atoms with van der Waals surface area (Å²) in [4.78, 5) is 0. The van der Waals surface area contributed by atoms with E-state index in [1.807, 2.05) is 7.05 Å². The minimum atomic E-state index is -2.81. The molecular weight excluding hydrogens is 190 g/mol. The van der Waals surface area contributed by atoms with Crippen molar-refractivity contribution in [3.8, 4) is 0 Å². The number of aliphatic hydroxyl groups excluding tert-OH is 1. The van der Waals surface area contributed by atoms with Crippen molar-refractivity contribution >= 4 is 9.84 Å². The van der Waals surface area contributed by atoms with Gasteiger partial charge in [0.2, 0.25) is 0 Å². The molecule has 0 aromatic rings. The van der Waals surface area contributed by atoms with Crippen LogP contribution >= 0.6 is 0 Å². The van der Waals surface area contributed by atoms with Gasteiger partial charge in [0.25, 0.3) is 0 Å². The Bertz CT molecular complexity index is 250. The highest BCUT2D eigenvalue weighted by molar-refractivity contribution is 7.91. The Morgan fingerprint density at radius 1 is 1.62 bits per heavy atom. The molecule has 0 aromatic carbocycles. The molecule has 2 atom stereocenters. The van der Waals surface area contributed by atoms with Crippen LogP contribution in [0.3, 0.4) is 0 Å². The van der Waals surface area contributed by atoms with Crippen molar-refractivity contribution in [3.05, 3.63) is 0 Å². The van der Waals surface area contributed by atoms with E-state index in [2.05, 4.69) is 5.32 Å². The molecule has 0 bridgehead atoms. The predicted octanol–water partition coefficient (Wildman–Crippen LogP) is -0.751. The van der Waals surface area contributed by atoms with Crippen molar-refractivity contribution in [1.29, 1.82) is 0 Å². The van der Waals surface area contributed by atoms with Crippen molar-refractivity contribution in [2.24, 2.45) is 11.8 Å². The summed E-state index contributed by atoms with van der Waals surface area (Å²) in [6.45, 7) is 0.762. The van der Waals surface area contributed by atoms with E-state index in [0.29, 0.717) is 13.0 Å². The summed E-state index contributed by atoms with van der Waals surface area (Å²) in [7, 11) is -0.996. The first-order valence-electron chi connectivity index (χ1n) is 4.55. The Morgan fingerprint density at radius 2 is 2.31 bits per heavy atom. The van der Waals surface area contributed by atoms with Crippen LogP contribution in [0.5, 0.6) is 0 Å². The molecule has 1 fully saturated rings. The summed E-state index contributed by atoms with van der Waals surface area (Å²) in [6, 6.07) is 0. The van der Waals surface area contributed by atoms with Gasteiger partial charge >= 0.3 is 0 Å². The molecule has 1 aliphatic heterocycles. The highest BCUT2D eigenvalue weighted by Crippen LogP contribution is 2.25. The fourth-order valence-electron chi connectivity index (χ4n) is 1.84. The normalized spacial score (nSPS) is 28.9. The maximum absolute atomic E-state index is 11.2. The van der Waals surface area contributed by atoms with Crippen LogP contribution < -0.4 is 5.32 Å². The van der Waals surface area contributed by atoms with Crippen LogP contribution in [0.15, 0.2) is 0 Å². The molecule has 1 heterocycles. The third-order valence-corrected chi connectivity index (χ3v) is 4.43. The Balaban J connectivity index is 2.52. The lowest BCUT2D eigenvalue weighted by Crippen LogP contribution is -2.29. The lowest BCUT2D eigenvalue weighted by atomic mass is 9.92. The first-order chi connectivity index (χ1) is 6.09. The maximum Gasteiger partial charge on any atom is 0.150 e. The maximum atomic E-state index is 11.2. The standard InChI is InChI=1S/C8H17NO3S/c1-9-4-8(5-10)7-2-3-13(11,12)6-7/h7-10H,2-6H2,1H3. The van der Waals surface area contributed by atoms with Crippen LogP contribution in [0.4, 0.5) is 0 Å². The van der Waals surface area contributed by atoms with Gasteiger partial charge in [-0.3, -0.25) is 0 Å². The van der Waals surface area contributed by atoms with Gasteiger partial charge in [0.1, 0.15) is 0 Å².